The van der Waals surface area contributed by atoms with Crippen LogP contribution in [0.5, 0.6) is 0 Å². The molecule has 0 spiro atoms. The molecule has 8 atom stereocenters. The third-order valence-electron chi connectivity index (χ3n) is 15.3. The summed E-state index contributed by atoms with van der Waals surface area (Å²) in [6.07, 6.45) is 8.07. The summed E-state index contributed by atoms with van der Waals surface area (Å²) < 4.78 is 0. The molecule has 5 aliphatic rings. The second-order valence-corrected chi connectivity index (χ2v) is 20.4. The van der Waals surface area contributed by atoms with E-state index in [1.807, 2.05) is 27.7 Å². The van der Waals surface area contributed by atoms with Crippen LogP contribution >= 0.6 is 0 Å². The molecule has 2 aliphatic carbocycles. The van der Waals surface area contributed by atoms with E-state index in [0.29, 0.717) is 25.9 Å². The number of rotatable bonds is 16. The summed E-state index contributed by atoms with van der Waals surface area (Å²) in [7, 11) is 3.42. The molecule has 0 aromatic heterocycles. The fourth-order valence-electron chi connectivity index (χ4n) is 11.1. The third-order valence-corrected chi connectivity index (χ3v) is 15.3. The van der Waals surface area contributed by atoms with E-state index in [-0.39, 0.29) is 59.4 Å². The number of carbonyl (C=O) groups is 6. The Bertz CT molecular complexity index is 2010. The predicted octanol–water partition coefficient (Wildman–Crippen LogP) is 3.48. The number of hydrogen-bond acceptors (Lipinski definition) is 10. The van der Waals surface area contributed by atoms with Crippen LogP contribution < -0.4 is 41.7 Å². The number of amides is 6. The van der Waals surface area contributed by atoms with E-state index in [0.717, 1.165) is 88.7 Å². The van der Waals surface area contributed by atoms with Gasteiger partial charge in [-0.3, -0.25) is 28.8 Å². The molecule has 3 fully saturated rings. The zero-order chi connectivity index (χ0) is 48.8. The van der Waals surface area contributed by atoms with Crippen LogP contribution in [0.1, 0.15) is 127 Å². The lowest BCUT2D eigenvalue weighted by Gasteiger charge is -2.41. The summed E-state index contributed by atoms with van der Waals surface area (Å²) in [5.74, 6) is -1.43. The lowest BCUT2D eigenvalue weighted by Crippen LogP contribution is -2.57. The molecule has 68 heavy (non-hydrogen) atoms. The molecule has 6 N–H and O–H groups in total. The van der Waals surface area contributed by atoms with Crippen molar-refractivity contribution in [2.45, 2.75) is 154 Å². The Morgan fingerprint density at radius 1 is 0.515 bits per heavy atom. The standard InChI is InChI=1S/C52H78N10O6/c1-31(2)45(57-47(63)33(5)53-7)51(67)61-25-13-23-43(61)49(65)55-39-19-9-17-37-35(39)15-11-21-41(37)59-27-29-60(30-28-59)42-22-12-16-36-38(42)18-10-20-40(36)56-50(66)44-24-14-26-62(44)52(68)46(32(3)4)58-48(64)34(6)54-8/h11-12,15-16,21-22,31-34,39-40,43-46,53-54H,9-10,13-14,17-20,23-30H2,1-8H3,(H,55,65)(H,56,66)(H,57,63)(H,58,64)/t33-,34-,39+,40+,43-,44-,45-,46-/m0/s1. The number of carbonyl (C=O) groups excluding carboxylic acids is 6. The van der Waals surface area contributed by atoms with Crippen molar-refractivity contribution in [2.75, 3.05) is 63.2 Å². The predicted molar refractivity (Wildman–Crippen MR) is 265 cm³/mol. The van der Waals surface area contributed by atoms with Crippen molar-refractivity contribution in [2.24, 2.45) is 11.8 Å². The average molecular weight is 939 g/mol. The smallest absolute Gasteiger partial charge is 0.246 e. The van der Waals surface area contributed by atoms with Gasteiger partial charge in [-0.25, -0.2) is 0 Å². The zero-order valence-electron chi connectivity index (χ0n) is 41.8. The van der Waals surface area contributed by atoms with Gasteiger partial charge in [0.05, 0.1) is 24.2 Å². The van der Waals surface area contributed by atoms with Crippen LogP contribution in [0.2, 0.25) is 0 Å². The lowest BCUT2D eigenvalue weighted by atomic mass is 9.85. The molecule has 16 nitrogen and oxygen atoms in total. The molecular formula is C52H78N10O6. The molecule has 2 aromatic carbocycles. The number of likely N-dealkylation sites (N-methyl/N-ethyl adjacent to an activating group) is 2. The van der Waals surface area contributed by atoms with Crippen molar-refractivity contribution >= 4 is 46.8 Å². The van der Waals surface area contributed by atoms with E-state index in [4.69, 9.17) is 0 Å². The van der Waals surface area contributed by atoms with Gasteiger partial charge in [-0.1, -0.05) is 52.0 Å². The average Bonchev–Trinajstić information content (AvgIpc) is 4.05. The summed E-state index contributed by atoms with van der Waals surface area (Å²) in [6, 6.07) is 9.15. The van der Waals surface area contributed by atoms with E-state index in [9.17, 15) is 28.8 Å². The van der Waals surface area contributed by atoms with Crippen LogP contribution in [0.3, 0.4) is 0 Å². The number of hydrogen-bond donors (Lipinski definition) is 6. The molecule has 0 radical (unpaired) electrons. The summed E-state index contributed by atoms with van der Waals surface area (Å²) in [6.45, 7) is 15.5. The Balaban J connectivity index is 0.981. The molecule has 0 saturated carbocycles. The van der Waals surface area contributed by atoms with Crippen molar-refractivity contribution in [3.8, 4) is 0 Å². The van der Waals surface area contributed by atoms with Gasteiger partial charge in [0.15, 0.2) is 0 Å². The van der Waals surface area contributed by atoms with Crippen molar-refractivity contribution in [3.05, 3.63) is 58.7 Å². The van der Waals surface area contributed by atoms with Crippen LogP contribution in [0.4, 0.5) is 11.4 Å². The van der Waals surface area contributed by atoms with E-state index < -0.39 is 36.3 Å². The molecule has 3 heterocycles. The number of nitrogens with one attached hydrogen (secondary N) is 6. The highest BCUT2D eigenvalue weighted by Gasteiger charge is 2.42. The second-order valence-electron chi connectivity index (χ2n) is 20.4. The van der Waals surface area contributed by atoms with Gasteiger partial charge >= 0.3 is 0 Å². The maximum Gasteiger partial charge on any atom is 0.246 e. The van der Waals surface area contributed by atoms with E-state index in [1.165, 1.54) is 22.5 Å². The number of fused-ring (bicyclic) bond motifs is 2. The SMILES string of the molecule is CN[C@@H](C)C(=O)N[C@H](C(=O)N1CCC[C@H]1C(=O)N[C@@H]1CCCc2c1cccc2N1CCN(c2cccc3c2CCC[C@H]3NC(=O)[C@@H]2CCCN2C(=O)[C@@H](NC(=O)[C@H](C)NC)C(C)C)CC1)C(C)C. The van der Waals surface area contributed by atoms with Crippen molar-refractivity contribution in [1.29, 1.82) is 0 Å². The zero-order valence-corrected chi connectivity index (χ0v) is 41.8. The normalized spacial score (nSPS) is 23.3. The molecule has 0 unspecified atom stereocenters. The molecule has 2 aromatic rings. The minimum Gasteiger partial charge on any atom is -0.368 e. The number of anilines is 2. The number of nitrogens with zero attached hydrogens (tertiary/aromatic N) is 4. The van der Waals surface area contributed by atoms with Gasteiger partial charge in [0.2, 0.25) is 35.4 Å². The molecule has 6 amide bonds. The van der Waals surface area contributed by atoms with Gasteiger partial charge in [-0.15, -0.1) is 0 Å². The Kier molecular flexibility index (Phi) is 16.7. The Morgan fingerprint density at radius 3 is 1.25 bits per heavy atom. The number of piperazine rings is 1. The highest BCUT2D eigenvalue weighted by molar-refractivity contribution is 5.95. The van der Waals surface area contributed by atoms with Gasteiger partial charge in [-0.05, 0) is 138 Å². The summed E-state index contributed by atoms with van der Waals surface area (Å²) in [5.41, 5.74) is 7.30. The Hall–Kier alpha value is -5.22. The van der Waals surface area contributed by atoms with Gasteiger partial charge in [0, 0.05) is 50.6 Å². The van der Waals surface area contributed by atoms with Crippen LogP contribution in [0.25, 0.3) is 0 Å². The van der Waals surface area contributed by atoms with Crippen LogP contribution in [0.15, 0.2) is 36.4 Å². The number of benzene rings is 2. The monoisotopic (exact) mass is 939 g/mol. The molecule has 0 bridgehead atoms. The van der Waals surface area contributed by atoms with Crippen LogP contribution in [0, 0.1) is 11.8 Å². The van der Waals surface area contributed by atoms with E-state index in [1.54, 1.807) is 37.7 Å². The second kappa shape index (κ2) is 22.5. The Labute approximate surface area is 403 Å². The molecule has 3 saturated heterocycles. The fraction of sp³-hybridized carbons (Fsp3) is 0.654. The Morgan fingerprint density at radius 2 is 0.897 bits per heavy atom. The first-order chi connectivity index (χ1) is 32.6. The quantitative estimate of drug-likeness (QED) is 0.146. The summed E-state index contributed by atoms with van der Waals surface area (Å²) in [4.78, 5) is 89.8. The van der Waals surface area contributed by atoms with Crippen LogP contribution in [-0.4, -0.2) is 135 Å². The lowest BCUT2D eigenvalue weighted by molar-refractivity contribution is -0.142. The fourth-order valence-corrected chi connectivity index (χ4v) is 11.1. The summed E-state index contributed by atoms with van der Waals surface area (Å²) >= 11 is 0. The van der Waals surface area contributed by atoms with Gasteiger partial charge in [0.25, 0.3) is 0 Å². The van der Waals surface area contributed by atoms with Crippen molar-refractivity contribution < 1.29 is 28.8 Å². The maximum atomic E-state index is 14.1. The molecule has 372 valence electrons. The largest absolute Gasteiger partial charge is 0.368 e. The minimum absolute atomic E-state index is 0.133. The maximum absolute atomic E-state index is 14.1. The first-order valence-electron chi connectivity index (χ1n) is 25.5. The van der Waals surface area contributed by atoms with E-state index in [2.05, 4.69) is 78.1 Å². The van der Waals surface area contributed by atoms with Crippen molar-refractivity contribution in [1.82, 2.24) is 41.7 Å². The molecule has 7 rings (SSSR count). The van der Waals surface area contributed by atoms with Crippen LogP contribution in [-0.2, 0) is 41.6 Å². The van der Waals surface area contributed by atoms with Gasteiger partial charge in [0.1, 0.15) is 24.2 Å². The summed E-state index contributed by atoms with van der Waals surface area (Å²) in [5, 5.41) is 18.5. The topological polar surface area (TPSA) is 188 Å². The van der Waals surface area contributed by atoms with E-state index >= 15 is 0 Å². The highest BCUT2D eigenvalue weighted by Crippen LogP contribution is 2.39. The first-order valence-corrected chi connectivity index (χ1v) is 25.5. The van der Waals surface area contributed by atoms with Crippen molar-refractivity contribution in [3.63, 3.8) is 0 Å². The van der Waals surface area contributed by atoms with Gasteiger partial charge < -0.3 is 51.5 Å². The molecular weight excluding hydrogens is 861 g/mol. The third kappa shape index (κ3) is 11.0. The van der Waals surface area contributed by atoms with Gasteiger partial charge in [-0.2, -0.15) is 0 Å². The first kappa shape index (κ1) is 50.7. The highest BCUT2D eigenvalue weighted by atomic mass is 16.2. The number of likely N-dealkylation sites (tertiary alicyclic amines) is 2. The molecule has 16 heteroatoms. The minimum atomic E-state index is -0.713. The molecule has 3 aliphatic heterocycles.